The SMILES string of the molecule is CCC=CCC=CCC(C=CC=CCC=CCCCC(=O)O)OO. The van der Waals surface area contributed by atoms with Crippen molar-refractivity contribution >= 4 is 5.97 Å². The van der Waals surface area contributed by atoms with Crippen LogP contribution >= 0.6 is 0 Å². The van der Waals surface area contributed by atoms with Crippen molar-refractivity contribution in [3.05, 3.63) is 60.8 Å². The fourth-order valence-corrected chi connectivity index (χ4v) is 1.83. The van der Waals surface area contributed by atoms with Gasteiger partial charge in [-0.05, 0) is 38.5 Å². The lowest BCUT2D eigenvalue weighted by Gasteiger charge is -2.03. The minimum atomic E-state index is -0.749. The van der Waals surface area contributed by atoms with E-state index in [0.717, 1.165) is 25.7 Å². The molecule has 4 nitrogen and oxygen atoms in total. The molecule has 1 unspecified atom stereocenters. The molecule has 0 rings (SSSR count). The summed E-state index contributed by atoms with van der Waals surface area (Å²) in [5.74, 6) is -0.749. The fourth-order valence-electron chi connectivity index (χ4n) is 1.83. The monoisotopic (exact) mass is 334 g/mol. The Morgan fingerprint density at radius 2 is 1.71 bits per heavy atom. The van der Waals surface area contributed by atoms with Gasteiger partial charge in [0, 0.05) is 6.42 Å². The first-order valence-corrected chi connectivity index (χ1v) is 8.51. The molecule has 1 atom stereocenters. The van der Waals surface area contributed by atoms with Gasteiger partial charge in [-0.15, -0.1) is 0 Å². The van der Waals surface area contributed by atoms with Gasteiger partial charge in [0.15, 0.2) is 0 Å². The van der Waals surface area contributed by atoms with Crippen LogP contribution in [0.5, 0.6) is 0 Å². The normalized spacial score (nSPS) is 14.1. The predicted molar refractivity (Wildman–Crippen MR) is 98.8 cm³/mol. The Kier molecular flexibility index (Phi) is 16.1. The van der Waals surface area contributed by atoms with Crippen molar-refractivity contribution in [2.45, 2.75) is 58.0 Å². The van der Waals surface area contributed by atoms with Crippen LogP contribution in [0.15, 0.2) is 60.8 Å². The third-order valence-corrected chi connectivity index (χ3v) is 3.12. The van der Waals surface area contributed by atoms with E-state index in [1.54, 1.807) is 6.08 Å². The second-order valence-corrected chi connectivity index (χ2v) is 5.27. The standard InChI is InChI=1S/C20H30O4/c1-2-3-4-5-10-13-16-19(24-23)17-14-11-8-6-7-9-12-15-18-20(21)22/h3-4,7-11,13-14,17,19,23H,2,5-6,12,15-16,18H2,1H3,(H,21,22). The Balaban J connectivity index is 3.85. The summed E-state index contributed by atoms with van der Waals surface area (Å²) < 4.78 is 0. The third kappa shape index (κ3) is 16.5. The highest BCUT2D eigenvalue weighted by Crippen LogP contribution is 2.02. The van der Waals surface area contributed by atoms with Crippen molar-refractivity contribution in [1.82, 2.24) is 0 Å². The van der Waals surface area contributed by atoms with E-state index in [0.29, 0.717) is 12.8 Å². The van der Waals surface area contributed by atoms with Crippen LogP contribution < -0.4 is 0 Å². The summed E-state index contributed by atoms with van der Waals surface area (Å²) in [6.07, 6.45) is 24.5. The number of hydrogen-bond acceptors (Lipinski definition) is 3. The van der Waals surface area contributed by atoms with Crippen molar-refractivity contribution in [3.63, 3.8) is 0 Å². The molecule has 0 amide bonds. The molecule has 0 aliphatic heterocycles. The Hall–Kier alpha value is -1.91. The molecule has 0 heterocycles. The molecule has 134 valence electrons. The van der Waals surface area contributed by atoms with Crippen molar-refractivity contribution in [2.24, 2.45) is 0 Å². The number of carboxylic acid groups (broad SMARTS) is 1. The molecule has 4 heteroatoms. The average Bonchev–Trinajstić information content (AvgIpc) is 2.57. The first-order valence-electron chi connectivity index (χ1n) is 8.51. The quantitative estimate of drug-likeness (QED) is 0.145. The van der Waals surface area contributed by atoms with Crippen LogP contribution in [0.25, 0.3) is 0 Å². The van der Waals surface area contributed by atoms with E-state index in [1.165, 1.54) is 0 Å². The van der Waals surface area contributed by atoms with Gasteiger partial charge in [0.25, 0.3) is 0 Å². The first-order chi connectivity index (χ1) is 11.7. The van der Waals surface area contributed by atoms with Gasteiger partial charge in [0.2, 0.25) is 0 Å². The highest BCUT2D eigenvalue weighted by Gasteiger charge is 1.99. The molecule has 0 saturated heterocycles. The Bertz CT molecular complexity index is 445. The topological polar surface area (TPSA) is 66.8 Å². The van der Waals surface area contributed by atoms with Gasteiger partial charge >= 0.3 is 5.97 Å². The summed E-state index contributed by atoms with van der Waals surface area (Å²) in [6, 6.07) is 0. The van der Waals surface area contributed by atoms with Crippen LogP contribution in [0.2, 0.25) is 0 Å². The lowest BCUT2D eigenvalue weighted by Crippen LogP contribution is -2.04. The Morgan fingerprint density at radius 1 is 1.00 bits per heavy atom. The van der Waals surface area contributed by atoms with E-state index >= 15 is 0 Å². The minimum Gasteiger partial charge on any atom is -0.481 e. The maximum atomic E-state index is 10.3. The van der Waals surface area contributed by atoms with E-state index in [1.807, 2.05) is 36.5 Å². The van der Waals surface area contributed by atoms with Crippen molar-refractivity contribution in [1.29, 1.82) is 0 Å². The maximum Gasteiger partial charge on any atom is 0.303 e. The molecule has 0 fully saturated rings. The van der Waals surface area contributed by atoms with Gasteiger partial charge in [-0.1, -0.05) is 67.7 Å². The molecular weight excluding hydrogens is 304 g/mol. The molecule has 0 aromatic rings. The Labute approximate surface area is 145 Å². The summed E-state index contributed by atoms with van der Waals surface area (Å²) in [6.45, 7) is 2.10. The molecule has 0 aromatic heterocycles. The number of carbonyl (C=O) groups is 1. The van der Waals surface area contributed by atoms with E-state index in [9.17, 15) is 4.79 Å². The summed E-state index contributed by atoms with van der Waals surface area (Å²) in [5, 5.41) is 17.4. The summed E-state index contributed by atoms with van der Waals surface area (Å²) in [7, 11) is 0. The average molecular weight is 334 g/mol. The van der Waals surface area contributed by atoms with Gasteiger partial charge in [0.05, 0.1) is 0 Å². The van der Waals surface area contributed by atoms with Gasteiger partial charge in [-0.2, -0.15) is 0 Å². The third-order valence-electron chi connectivity index (χ3n) is 3.12. The van der Waals surface area contributed by atoms with Crippen molar-refractivity contribution in [3.8, 4) is 0 Å². The second-order valence-electron chi connectivity index (χ2n) is 5.27. The predicted octanol–water partition coefficient (Wildman–Crippen LogP) is 5.46. The molecule has 0 spiro atoms. The zero-order chi connectivity index (χ0) is 17.9. The minimum absolute atomic E-state index is 0.217. The van der Waals surface area contributed by atoms with Crippen LogP contribution in [0.1, 0.15) is 51.9 Å². The van der Waals surface area contributed by atoms with Crippen LogP contribution in [-0.2, 0) is 9.68 Å². The molecule has 0 aliphatic rings. The lowest BCUT2D eigenvalue weighted by atomic mass is 10.2. The summed E-state index contributed by atoms with van der Waals surface area (Å²) in [4.78, 5) is 14.8. The number of rotatable bonds is 14. The summed E-state index contributed by atoms with van der Waals surface area (Å²) in [5.41, 5.74) is 0. The zero-order valence-electron chi connectivity index (χ0n) is 14.5. The van der Waals surface area contributed by atoms with Crippen molar-refractivity contribution < 1.29 is 20.0 Å². The molecular formula is C20H30O4. The van der Waals surface area contributed by atoms with Gasteiger partial charge in [-0.3, -0.25) is 10.1 Å². The molecule has 0 aromatic carbocycles. The number of allylic oxidation sites excluding steroid dienone is 8. The summed E-state index contributed by atoms with van der Waals surface area (Å²) >= 11 is 0. The van der Waals surface area contributed by atoms with Crippen LogP contribution in [0, 0.1) is 0 Å². The highest BCUT2D eigenvalue weighted by atomic mass is 17.1. The van der Waals surface area contributed by atoms with E-state index in [4.69, 9.17) is 10.4 Å². The molecule has 0 radical (unpaired) electrons. The van der Waals surface area contributed by atoms with E-state index < -0.39 is 5.97 Å². The number of carboxylic acids is 1. The molecule has 0 aliphatic carbocycles. The maximum absolute atomic E-state index is 10.3. The van der Waals surface area contributed by atoms with Gasteiger partial charge in [0.1, 0.15) is 6.10 Å². The molecule has 0 bridgehead atoms. The van der Waals surface area contributed by atoms with Gasteiger partial charge < -0.3 is 5.11 Å². The van der Waals surface area contributed by atoms with Gasteiger partial charge in [-0.25, -0.2) is 4.89 Å². The smallest absolute Gasteiger partial charge is 0.303 e. The molecule has 24 heavy (non-hydrogen) atoms. The second kappa shape index (κ2) is 17.4. The highest BCUT2D eigenvalue weighted by molar-refractivity contribution is 5.66. The number of aliphatic carboxylic acids is 1. The van der Waals surface area contributed by atoms with Crippen LogP contribution in [0.4, 0.5) is 0 Å². The number of hydrogen-bond donors (Lipinski definition) is 2. The molecule has 0 saturated carbocycles. The first kappa shape index (κ1) is 22.1. The van der Waals surface area contributed by atoms with Crippen LogP contribution in [-0.4, -0.2) is 22.4 Å². The Morgan fingerprint density at radius 3 is 2.42 bits per heavy atom. The fraction of sp³-hybridized carbons (Fsp3) is 0.450. The lowest BCUT2D eigenvalue weighted by molar-refractivity contribution is -0.264. The largest absolute Gasteiger partial charge is 0.481 e. The zero-order valence-corrected chi connectivity index (χ0v) is 14.5. The molecule has 2 N–H and O–H groups in total. The van der Waals surface area contributed by atoms with E-state index in [2.05, 4.69) is 30.0 Å². The van der Waals surface area contributed by atoms with Crippen LogP contribution in [0.3, 0.4) is 0 Å². The number of unbranched alkanes of at least 4 members (excludes halogenated alkanes) is 1. The van der Waals surface area contributed by atoms with E-state index in [-0.39, 0.29) is 12.5 Å². The van der Waals surface area contributed by atoms with Crippen molar-refractivity contribution in [2.75, 3.05) is 0 Å².